The molecule has 0 bridgehead atoms. The molecule has 1 aromatic heterocycles. The van der Waals surface area contributed by atoms with Gasteiger partial charge in [0.05, 0.1) is 12.2 Å². The fourth-order valence-electron chi connectivity index (χ4n) is 3.15. The summed E-state index contributed by atoms with van der Waals surface area (Å²) in [5, 5.41) is 6.73. The largest absolute Gasteiger partial charge is 0.444 e. The molecule has 0 amide bonds. The highest BCUT2D eigenvalue weighted by molar-refractivity contribution is 5.79. The number of likely N-dealkylation sites (N-methyl/N-ethyl adjacent to an activating group) is 2. The molecule has 0 aliphatic carbocycles. The third-order valence-corrected chi connectivity index (χ3v) is 5.00. The van der Waals surface area contributed by atoms with E-state index in [1.165, 1.54) is 5.56 Å². The molecule has 1 saturated heterocycles. The number of hydrogen-bond acceptors (Lipinski definition) is 5. The molecule has 1 atom stereocenters. The minimum Gasteiger partial charge on any atom is -0.444 e. The van der Waals surface area contributed by atoms with Gasteiger partial charge in [-0.15, -0.1) is 0 Å². The van der Waals surface area contributed by atoms with Gasteiger partial charge < -0.3 is 20.0 Å². The van der Waals surface area contributed by atoms with Gasteiger partial charge in [0.15, 0.2) is 5.96 Å². The fraction of sp³-hybridized carbons (Fsp3) is 0.500. The van der Waals surface area contributed by atoms with Gasteiger partial charge >= 0.3 is 0 Å². The highest BCUT2D eigenvalue weighted by atomic mass is 16.3. The Balaban J connectivity index is 1.50. The molecule has 1 aliphatic heterocycles. The molecule has 27 heavy (non-hydrogen) atoms. The molecule has 3 rings (SSSR count). The molecule has 7 nitrogen and oxygen atoms in total. The molecule has 0 radical (unpaired) electrons. The number of guanidine groups is 1. The van der Waals surface area contributed by atoms with Crippen LogP contribution in [0.15, 0.2) is 39.9 Å². The normalized spacial score (nSPS) is 19.3. The lowest BCUT2D eigenvalue weighted by molar-refractivity contribution is 0.116. The highest BCUT2D eigenvalue weighted by Crippen LogP contribution is 2.18. The zero-order valence-electron chi connectivity index (χ0n) is 16.7. The molecule has 1 unspecified atom stereocenters. The number of aromatic nitrogens is 1. The van der Waals surface area contributed by atoms with E-state index < -0.39 is 0 Å². The molecular formula is C20H30N6O. The van der Waals surface area contributed by atoms with E-state index in [-0.39, 0.29) is 0 Å². The zero-order chi connectivity index (χ0) is 19.2. The van der Waals surface area contributed by atoms with Crippen LogP contribution in [0, 0.1) is 6.92 Å². The minimum absolute atomic E-state index is 0.475. The monoisotopic (exact) mass is 370 g/mol. The van der Waals surface area contributed by atoms with Crippen LogP contribution in [-0.4, -0.2) is 74.1 Å². The Kier molecular flexibility index (Phi) is 6.47. The Hall–Kier alpha value is -2.38. The van der Waals surface area contributed by atoms with Crippen LogP contribution >= 0.6 is 0 Å². The first-order valence-electron chi connectivity index (χ1n) is 9.40. The predicted molar refractivity (Wildman–Crippen MR) is 109 cm³/mol. The molecule has 0 spiro atoms. The molecule has 1 aromatic carbocycles. The summed E-state index contributed by atoms with van der Waals surface area (Å²) in [6.07, 6.45) is 1.69. The van der Waals surface area contributed by atoms with Crippen molar-refractivity contribution in [1.29, 1.82) is 0 Å². The molecule has 0 saturated carbocycles. The van der Waals surface area contributed by atoms with Crippen molar-refractivity contribution in [3.05, 3.63) is 41.8 Å². The van der Waals surface area contributed by atoms with E-state index in [2.05, 4.69) is 63.6 Å². The van der Waals surface area contributed by atoms with Crippen molar-refractivity contribution in [2.45, 2.75) is 19.5 Å². The first-order valence-corrected chi connectivity index (χ1v) is 9.40. The second kappa shape index (κ2) is 9.01. The van der Waals surface area contributed by atoms with E-state index in [1.807, 2.05) is 12.1 Å². The predicted octanol–water partition coefficient (Wildman–Crippen LogP) is 1.56. The fourth-order valence-corrected chi connectivity index (χ4v) is 3.15. The Morgan fingerprint density at radius 3 is 2.74 bits per heavy atom. The van der Waals surface area contributed by atoms with Gasteiger partial charge in [-0.1, -0.05) is 17.7 Å². The van der Waals surface area contributed by atoms with E-state index in [0.29, 0.717) is 18.5 Å². The third kappa shape index (κ3) is 5.30. The lowest BCUT2D eigenvalue weighted by Crippen LogP contribution is -2.55. The first kappa shape index (κ1) is 19.4. The van der Waals surface area contributed by atoms with Gasteiger partial charge in [-0.3, -0.25) is 9.89 Å². The van der Waals surface area contributed by atoms with Gasteiger partial charge in [-0.25, -0.2) is 4.98 Å². The summed E-state index contributed by atoms with van der Waals surface area (Å²) in [6, 6.07) is 8.64. The Morgan fingerprint density at radius 1 is 1.22 bits per heavy atom. The summed E-state index contributed by atoms with van der Waals surface area (Å²) in [7, 11) is 6.13. The molecule has 2 heterocycles. The number of rotatable bonds is 5. The van der Waals surface area contributed by atoms with E-state index in [1.54, 1.807) is 13.3 Å². The number of nitrogens with zero attached hydrogens (tertiary/aromatic N) is 4. The quantitative estimate of drug-likeness (QED) is 0.615. The minimum atomic E-state index is 0.475. The van der Waals surface area contributed by atoms with Crippen LogP contribution in [-0.2, 0) is 6.54 Å². The number of piperazine rings is 1. The van der Waals surface area contributed by atoms with Gasteiger partial charge in [0.25, 0.3) is 0 Å². The van der Waals surface area contributed by atoms with Crippen molar-refractivity contribution < 1.29 is 4.42 Å². The van der Waals surface area contributed by atoms with Crippen LogP contribution in [0.3, 0.4) is 0 Å². The van der Waals surface area contributed by atoms with E-state index in [4.69, 9.17) is 4.42 Å². The summed E-state index contributed by atoms with van der Waals surface area (Å²) in [6.45, 7) is 6.76. The maximum Gasteiger partial charge on any atom is 0.226 e. The van der Waals surface area contributed by atoms with Crippen molar-refractivity contribution in [2.24, 2.45) is 4.99 Å². The van der Waals surface area contributed by atoms with Crippen molar-refractivity contribution in [1.82, 2.24) is 25.4 Å². The van der Waals surface area contributed by atoms with Gasteiger partial charge in [0, 0.05) is 44.8 Å². The summed E-state index contributed by atoms with van der Waals surface area (Å²) in [5.41, 5.74) is 3.05. The zero-order valence-corrected chi connectivity index (χ0v) is 16.7. The second-order valence-corrected chi connectivity index (χ2v) is 7.21. The number of aryl methyl sites for hydroxylation is 1. The second-order valence-electron chi connectivity index (χ2n) is 7.21. The molecule has 1 aliphatic rings. The van der Waals surface area contributed by atoms with Crippen LogP contribution in [0.4, 0.5) is 0 Å². The standard InChI is InChI=1S/C20H30N6O/c1-15-5-7-16(8-6-15)19-24-17(14-27-19)11-22-20(21-2)23-12-18-13-25(3)9-10-26(18)4/h5-8,14,18H,9-13H2,1-4H3,(H2,21,22,23). The van der Waals surface area contributed by atoms with E-state index >= 15 is 0 Å². The summed E-state index contributed by atoms with van der Waals surface area (Å²) < 4.78 is 5.61. The van der Waals surface area contributed by atoms with Crippen molar-refractivity contribution in [2.75, 3.05) is 47.3 Å². The van der Waals surface area contributed by atoms with Crippen LogP contribution in [0.25, 0.3) is 11.5 Å². The molecule has 146 valence electrons. The lowest BCUT2D eigenvalue weighted by atomic mass is 10.1. The Bertz CT molecular complexity index is 754. The number of aliphatic imine (C=N–C) groups is 1. The molecule has 2 N–H and O–H groups in total. The van der Waals surface area contributed by atoms with Crippen molar-refractivity contribution >= 4 is 5.96 Å². The number of benzene rings is 1. The topological polar surface area (TPSA) is 68.9 Å². The van der Waals surface area contributed by atoms with Gasteiger partial charge in [0.1, 0.15) is 6.26 Å². The third-order valence-electron chi connectivity index (χ3n) is 5.00. The smallest absolute Gasteiger partial charge is 0.226 e. The number of nitrogens with one attached hydrogen (secondary N) is 2. The molecule has 2 aromatic rings. The first-order chi connectivity index (χ1) is 13.0. The molecular weight excluding hydrogens is 340 g/mol. The number of oxazole rings is 1. The van der Waals surface area contributed by atoms with Gasteiger partial charge in [-0.05, 0) is 33.2 Å². The summed E-state index contributed by atoms with van der Waals surface area (Å²) >= 11 is 0. The van der Waals surface area contributed by atoms with Crippen molar-refractivity contribution in [3.8, 4) is 11.5 Å². The van der Waals surface area contributed by atoms with E-state index in [9.17, 15) is 0 Å². The summed E-state index contributed by atoms with van der Waals surface area (Å²) in [4.78, 5) is 13.6. The average Bonchev–Trinajstić information content (AvgIpc) is 3.14. The maximum absolute atomic E-state index is 5.61. The van der Waals surface area contributed by atoms with Crippen LogP contribution in [0.2, 0.25) is 0 Å². The van der Waals surface area contributed by atoms with E-state index in [0.717, 1.165) is 43.4 Å². The van der Waals surface area contributed by atoms with Crippen molar-refractivity contribution in [3.63, 3.8) is 0 Å². The molecule has 7 heteroatoms. The maximum atomic E-state index is 5.61. The van der Waals surface area contributed by atoms with Gasteiger partial charge in [0.2, 0.25) is 5.89 Å². The molecule has 1 fully saturated rings. The SMILES string of the molecule is CN=C(NCc1coc(-c2ccc(C)cc2)n1)NCC1CN(C)CCN1C. The average molecular weight is 371 g/mol. The Morgan fingerprint density at radius 2 is 2.00 bits per heavy atom. The Labute approximate surface area is 161 Å². The highest BCUT2D eigenvalue weighted by Gasteiger charge is 2.22. The van der Waals surface area contributed by atoms with Crippen LogP contribution < -0.4 is 10.6 Å². The van der Waals surface area contributed by atoms with Crippen LogP contribution in [0.1, 0.15) is 11.3 Å². The van der Waals surface area contributed by atoms with Crippen LogP contribution in [0.5, 0.6) is 0 Å². The lowest BCUT2D eigenvalue weighted by Gasteiger charge is -2.37. The number of hydrogen-bond donors (Lipinski definition) is 2. The summed E-state index contributed by atoms with van der Waals surface area (Å²) in [5.74, 6) is 1.41. The van der Waals surface area contributed by atoms with Gasteiger partial charge in [-0.2, -0.15) is 0 Å².